The molecule has 132 valence electrons. The number of aromatic nitrogens is 2. The van der Waals surface area contributed by atoms with Crippen molar-refractivity contribution in [1.82, 2.24) is 14.9 Å². The standard InChI is InChI=1S/C17H20ClN5O2/c1-2-25-17(24)23-11-9-22(10-12-23)15-7-8-19-16(21-15)20-14-6-4-3-5-13(14)18/h3-8H,2,9-12H2,1H3,(H,19,20,21). The number of hydrogen-bond acceptors (Lipinski definition) is 6. The number of nitrogens with zero attached hydrogens (tertiary/aromatic N) is 4. The summed E-state index contributed by atoms with van der Waals surface area (Å²) in [6.45, 7) is 4.81. The molecule has 1 amide bonds. The summed E-state index contributed by atoms with van der Waals surface area (Å²) < 4.78 is 5.04. The fourth-order valence-electron chi connectivity index (χ4n) is 2.60. The molecule has 0 spiro atoms. The Morgan fingerprint density at radius 3 is 2.72 bits per heavy atom. The fraction of sp³-hybridized carbons (Fsp3) is 0.353. The first kappa shape index (κ1) is 17.3. The van der Waals surface area contributed by atoms with Crippen LogP contribution in [0.15, 0.2) is 36.5 Å². The van der Waals surface area contributed by atoms with Gasteiger partial charge in [0.25, 0.3) is 0 Å². The molecule has 2 aromatic rings. The van der Waals surface area contributed by atoms with Crippen LogP contribution >= 0.6 is 11.6 Å². The van der Waals surface area contributed by atoms with Crippen molar-refractivity contribution in [3.8, 4) is 0 Å². The van der Waals surface area contributed by atoms with Gasteiger partial charge in [0.05, 0.1) is 17.3 Å². The Kier molecular flexibility index (Phi) is 5.55. The Labute approximate surface area is 151 Å². The van der Waals surface area contributed by atoms with Crippen LogP contribution in [-0.4, -0.2) is 53.7 Å². The minimum Gasteiger partial charge on any atom is -0.450 e. The lowest BCUT2D eigenvalue weighted by atomic mass is 10.3. The Morgan fingerprint density at radius 2 is 2.00 bits per heavy atom. The van der Waals surface area contributed by atoms with E-state index in [4.69, 9.17) is 16.3 Å². The molecule has 1 saturated heterocycles. The number of rotatable bonds is 4. The SMILES string of the molecule is CCOC(=O)N1CCN(c2ccnc(Nc3ccccc3Cl)n2)CC1. The molecule has 0 atom stereocenters. The number of para-hydroxylation sites is 1. The summed E-state index contributed by atoms with van der Waals surface area (Å²) in [5, 5.41) is 3.74. The molecule has 1 aliphatic rings. The highest BCUT2D eigenvalue weighted by Gasteiger charge is 2.22. The molecule has 0 bridgehead atoms. The lowest BCUT2D eigenvalue weighted by Crippen LogP contribution is -2.49. The quantitative estimate of drug-likeness (QED) is 0.902. The molecule has 0 unspecified atom stereocenters. The third kappa shape index (κ3) is 4.30. The molecule has 3 rings (SSSR count). The Hall–Kier alpha value is -2.54. The average molecular weight is 362 g/mol. The van der Waals surface area contributed by atoms with Gasteiger partial charge in [-0.2, -0.15) is 4.98 Å². The van der Waals surface area contributed by atoms with Crippen LogP contribution in [0.4, 0.5) is 22.2 Å². The summed E-state index contributed by atoms with van der Waals surface area (Å²) in [5.74, 6) is 1.30. The molecule has 2 heterocycles. The highest BCUT2D eigenvalue weighted by atomic mass is 35.5. The normalized spacial score (nSPS) is 14.3. The van der Waals surface area contributed by atoms with Crippen molar-refractivity contribution in [3.05, 3.63) is 41.6 Å². The summed E-state index contributed by atoms with van der Waals surface area (Å²) >= 11 is 6.16. The zero-order chi connectivity index (χ0) is 17.6. The first-order chi connectivity index (χ1) is 12.2. The summed E-state index contributed by atoms with van der Waals surface area (Å²) in [5.41, 5.74) is 0.758. The second kappa shape index (κ2) is 8.02. The van der Waals surface area contributed by atoms with Crippen LogP contribution in [0.3, 0.4) is 0 Å². The minimum atomic E-state index is -0.258. The number of hydrogen-bond donors (Lipinski definition) is 1. The first-order valence-corrected chi connectivity index (χ1v) is 8.56. The molecular weight excluding hydrogens is 342 g/mol. The van der Waals surface area contributed by atoms with Crippen molar-refractivity contribution in [2.24, 2.45) is 0 Å². The third-order valence-corrected chi connectivity index (χ3v) is 4.22. The maximum atomic E-state index is 11.8. The van der Waals surface area contributed by atoms with Crippen LogP contribution < -0.4 is 10.2 Å². The van der Waals surface area contributed by atoms with Gasteiger partial charge in [0.1, 0.15) is 5.82 Å². The molecular formula is C17H20ClN5O2. The second-order valence-corrected chi connectivity index (χ2v) is 5.92. The van der Waals surface area contributed by atoms with E-state index < -0.39 is 0 Å². The number of benzene rings is 1. The van der Waals surface area contributed by atoms with Gasteiger partial charge < -0.3 is 19.9 Å². The summed E-state index contributed by atoms with van der Waals surface area (Å²) in [6.07, 6.45) is 1.45. The first-order valence-electron chi connectivity index (χ1n) is 8.18. The molecule has 0 saturated carbocycles. The monoisotopic (exact) mass is 361 g/mol. The van der Waals surface area contributed by atoms with Crippen LogP contribution in [0.2, 0.25) is 5.02 Å². The van der Waals surface area contributed by atoms with E-state index in [1.165, 1.54) is 0 Å². The molecule has 1 aromatic carbocycles. The van der Waals surface area contributed by atoms with Crippen molar-refractivity contribution in [1.29, 1.82) is 0 Å². The molecule has 7 nitrogen and oxygen atoms in total. The smallest absolute Gasteiger partial charge is 0.409 e. The highest BCUT2D eigenvalue weighted by Crippen LogP contribution is 2.24. The molecule has 1 fully saturated rings. The van der Waals surface area contributed by atoms with E-state index in [0.717, 1.165) is 11.5 Å². The fourth-order valence-corrected chi connectivity index (χ4v) is 2.78. The van der Waals surface area contributed by atoms with E-state index in [0.29, 0.717) is 43.8 Å². The summed E-state index contributed by atoms with van der Waals surface area (Å²) in [6, 6.07) is 9.30. The number of anilines is 3. The van der Waals surface area contributed by atoms with Crippen molar-refractivity contribution < 1.29 is 9.53 Å². The second-order valence-electron chi connectivity index (χ2n) is 5.52. The van der Waals surface area contributed by atoms with Crippen LogP contribution in [0, 0.1) is 0 Å². The van der Waals surface area contributed by atoms with Gasteiger partial charge in [-0.3, -0.25) is 0 Å². The maximum absolute atomic E-state index is 11.8. The van der Waals surface area contributed by atoms with Crippen LogP contribution in [0.25, 0.3) is 0 Å². The van der Waals surface area contributed by atoms with Crippen molar-refractivity contribution in [3.63, 3.8) is 0 Å². The highest BCUT2D eigenvalue weighted by molar-refractivity contribution is 6.33. The number of piperazine rings is 1. The number of ether oxygens (including phenoxy) is 1. The average Bonchev–Trinajstić information content (AvgIpc) is 2.64. The van der Waals surface area contributed by atoms with E-state index in [-0.39, 0.29) is 6.09 Å². The van der Waals surface area contributed by atoms with Crippen LogP contribution in [0.5, 0.6) is 0 Å². The van der Waals surface area contributed by atoms with E-state index in [9.17, 15) is 4.79 Å². The van der Waals surface area contributed by atoms with E-state index >= 15 is 0 Å². The van der Waals surface area contributed by atoms with E-state index in [2.05, 4.69) is 20.2 Å². The van der Waals surface area contributed by atoms with E-state index in [1.807, 2.05) is 37.3 Å². The van der Waals surface area contributed by atoms with Crippen molar-refractivity contribution >= 4 is 35.1 Å². The van der Waals surface area contributed by atoms with Gasteiger partial charge in [-0.25, -0.2) is 9.78 Å². The topological polar surface area (TPSA) is 70.6 Å². The van der Waals surface area contributed by atoms with E-state index in [1.54, 1.807) is 11.1 Å². The molecule has 25 heavy (non-hydrogen) atoms. The van der Waals surface area contributed by atoms with Gasteiger partial charge in [0, 0.05) is 32.4 Å². The zero-order valence-electron chi connectivity index (χ0n) is 14.0. The molecule has 1 N–H and O–H groups in total. The van der Waals surface area contributed by atoms with Crippen LogP contribution in [0.1, 0.15) is 6.92 Å². The van der Waals surface area contributed by atoms with Gasteiger partial charge in [-0.1, -0.05) is 23.7 Å². The number of halogens is 1. The van der Waals surface area contributed by atoms with Gasteiger partial charge in [0.15, 0.2) is 0 Å². The van der Waals surface area contributed by atoms with Gasteiger partial charge in [-0.15, -0.1) is 0 Å². The number of carbonyl (C=O) groups is 1. The van der Waals surface area contributed by atoms with Gasteiger partial charge in [0.2, 0.25) is 5.95 Å². The Bertz CT molecular complexity index is 734. The van der Waals surface area contributed by atoms with Crippen LogP contribution in [-0.2, 0) is 4.74 Å². The number of carbonyl (C=O) groups excluding carboxylic acids is 1. The Morgan fingerprint density at radius 1 is 1.24 bits per heavy atom. The minimum absolute atomic E-state index is 0.258. The largest absolute Gasteiger partial charge is 0.450 e. The van der Waals surface area contributed by atoms with Gasteiger partial charge >= 0.3 is 6.09 Å². The third-order valence-electron chi connectivity index (χ3n) is 3.89. The molecule has 1 aromatic heterocycles. The molecule has 1 aliphatic heterocycles. The maximum Gasteiger partial charge on any atom is 0.409 e. The lowest BCUT2D eigenvalue weighted by molar-refractivity contribution is 0.105. The summed E-state index contributed by atoms with van der Waals surface area (Å²) in [4.78, 5) is 24.4. The predicted molar refractivity (Wildman–Crippen MR) is 97.6 cm³/mol. The predicted octanol–water partition coefficient (Wildman–Crippen LogP) is 3.15. The van der Waals surface area contributed by atoms with Gasteiger partial charge in [-0.05, 0) is 25.1 Å². The summed E-state index contributed by atoms with van der Waals surface area (Å²) in [7, 11) is 0. The molecule has 0 aliphatic carbocycles. The molecule has 8 heteroatoms. The lowest BCUT2D eigenvalue weighted by Gasteiger charge is -2.34. The number of amides is 1. The number of nitrogens with one attached hydrogen (secondary N) is 1. The van der Waals surface area contributed by atoms with Crippen molar-refractivity contribution in [2.45, 2.75) is 6.92 Å². The molecule has 0 radical (unpaired) electrons. The zero-order valence-corrected chi connectivity index (χ0v) is 14.7. The van der Waals surface area contributed by atoms with Crippen molar-refractivity contribution in [2.75, 3.05) is 43.0 Å². The Balaban J connectivity index is 1.64.